The molecule has 4 heteroatoms. The predicted octanol–water partition coefficient (Wildman–Crippen LogP) is 3.56. The van der Waals surface area contributed by atoms with Gasteiger partial charge in [0.25, 0.3) is 5.91 Å². The molecule has 0 spiro atoms. The number of hydrogen-bond donors (Lipinski definition) is 1. The Hall–Kier alpha value is -2.62. The second kappa shape index (κ2) is 7.97. The number of carbonyl (C=O) groups is 2. The summed E-state index contributed by atoms with van der Waals surface area (Å²) in [5.41, 5.74) is 2.78. The van der Waals surface area contributed by atoms with Crippen LogP contribution in [0.1, 0.15) is 42.1 Å². The third-order valence-corrected chi connectivity index (χ3v) is 4.60. The van der Waals surface area contributed by atoms with Crippen molar-refractivity contribution in [1.82, 2.24) is 5.32 Å². The first-order valence-corrected chi connectivity index (χ1v) is 8.89. The van der Waals surface area contributed by atoms with Crippen molar-refractivity contribution in [2.75, 3.05) is 11.4 Å². The highest BCUT2D eigenvalue weighted by molar-refractivity contribution is 5.97. The van der Waals surface area contributed by atoms with Crippen LogP contribution in [0.15, 0.2) is 54.6 Å². The monoisotopic (exact) mass is 336 g/mol. The molecule has 0 aliphatic carbocycles. The molecule has 2 amide bonds. The zero-order chi connectivity index (χ0) is 17.6. The topological polar surface area (TPSA) is 49.4 Å². The zero-order valence-corrected chi connectivity index (χ0v) is 14.6. The summed E-state index contributed by atoms with van der Waals surface area (Å²) in [4.78, 5) is 25.9. The van der Waals surface area contributed by atoms with Gasteiger partial charge in [0.05, 0.1) is 0 Å². The average Bonchev–Trinajstić information content (AvgIpc) is 3.07. The fraction of sp³-hybridized carbons (Fsp3) is 0.333. The zero-order valence-electron chi connectivity index (χ0n) is 14.6. The lowest BCUT2D eigenvalue weighted by Gasteiger charge is -2.17. The number of hydrogen-bond acceptors (Lipinski definition) is 2. The summed E-state index contributed by atoms with van der Waals surface area (Å²) in [6.07, 6.45) is 3.36. The Morgan fingerprint density at radius 2 is 1.84 bits per heavy atom. The molecular formula is C21H24N2O2. The van der Waals surface area contributed by atoms with Crippen LogP contribution >= 0.6 is 0 Å². The van der Waals surface area contributed by atoms with Crippen LogP contribution in [-0.4, -0.2) is 24.4 Å². The summed E-state index contributed by atoms with van der Waals surface area (Å²) in [7, 11) is 0. The van der Waals surface area contributed by atoms with Crippen LogP contribution in [0.4, 0.5) is 5.69 Å². The highest BCUT2D eigenvalue weighted by Crippen LogP contribution is 2.21. The Balaban J connectivity index is 1.53. The second-order valence-electron chi connectivity index (χ2n) is 6.59. The van der Waals surface area contributed by atoms with E-state index in [-0.39, 0.29) is 17.9 Å². The minimum Gasteiger partial charge on any atom is -0.350 e. The van der Waals surface area contributed by atoms with Crippen molar-refractivity contribution in [1.29, 1.82) is 0 Å². The summed E-state index contributed by atoms with van der Waals surface area (Å²) in [6, 6.07) is 17.7. The molecule has 3 rings (SSSR count). The largest absolute Gasteiger partial charge is 0.350 e. The van der Waals surface area contributed by atoms with E-state index in [2.05, 4.69) is 17.4 Å². The third kappa shape index (κ3) is 4.47. The fourth-order valence-electron chi connectivity index (χ4n) is 3.12. The maximum absolute atomic E-state index is 12.4. The molecule has 1 atom stereocenters. The lowest BCUT2D eigenvalue weighted by atomic mass is 10.1. The number of nitrogens with zero attached hydrogens (tertiary/aromatic N) is 1. The first-order chi connectivity index (χ1) is 12.1. The molecule has 1 saturated heterocycles. The molecule has 2 aromatic carbocycles. The molecular weight excluding hydrogens is 312 g/mol. The third-order valence-electron chi connectivity index (χ3n) is 4.60. The van der Waals surface area contributed by atoms with Crippen molar-refractivity contribution in [2.45, 2.75) is 38.6 Å². The van der Waals surface area contributed by atoms with Crippen LogP contribution in [0.5, 0.6) is 0 Å². The van der Waals surface area contributed by atoms with Gasteiger partial charge in [-0.1, -0.05) is 30.3 Å². The molecule has 130 valence electrons. The second-order valence-corrected chi connectivity index (χ2v) is 6.59. The van der Waals surface area contributed by atoms with Crippen LogP contribution in [0.25, 0.3) is 0 Å². The standard InChI is InChI=1S/C21H24N2O2/c1-16(9-10-17-6-3-2-4-7-17)22-21(25)18-11-13-19(14-12-18)23-15-5-8-20(23)24/h2-4,6-7,11-14,16H,5,8-10,15H2,1H3,(H,22,25)/t16-/m1/s1. The molecule has 1 heterocycles. The van der Waals surface area contributed by atoms with Gasteiger partial charge in [-0.05, 0) is 56.0 Å². The Bertz CT molecular complexity index is 725. The first-order valence-electron chi connectivity index (χ1n) is 8.89. The van der Waals surface area contributed by atoms with Crippen molar-refractivity contribution < 1.29 is 9.59 Å². The minimum atomic E-state index is -0.0696. The van der Waals surface area contributed by atoms with Crippen molar-refractivity contribution >= 4 is 17.5 Å². The van der Waals surface area contributed by atoms with Gasteiger partial charge in [0.2, 0.25) is 5.91 Å². The van der Waals surface area contributed by atoms with Gasteiger partial charge in [-0.25, -0.2) is 0 Å². The van der Waals surface area contributed by atoms with Gasteiger partial charge in [-0.15, -0.1) is 0 Å². The SMILES string of the molecule is C[C@H](CCc1ccccc1)NC(=O)c1ccc(N2CCCC2=O)cc1. The number of rotatable bonds is 6. The Labute approximate surface area is 148 Å². The van der Waals surface area contributed by atoms with Gasteiger partial charge in [0.15, 0.2) is 0 Å². The van der Waals surface area contributed by atoms with Crippen molar-refractivity contribution in [3.8, 4) is 0 Å². The number of anilines is 1. The average molecular weight is 336 g/mol. The van der Waals surface area contributed by atoms with E-state index in [1.807, 2.05) is 37.3 Å². The number of nitrogens with one attached hydrogen (secondary N) is 1. The number of amides is 2. The van der Waals surface area contributed by atoms with Crippen molar-refractivity contribution in [3.63, 3.8) is 0 Å². The maximum Gasteiger partial charge on any atom is 0.251 e. The molecule has 1 aliphatic rings. The highest BCUT2D eigenvalue weighted by atomic mass is 16.2. The molecule has 1 N–H and O–H groups in total. The summed E-state index contributed by atoms with van der Waals surface area (Å²) in [5.74, 6) is 0.0894. The Kier molecular flexibility index (Phi) is 5.49. The van der Waals surface area contributed by atoms with E-state index in [1.165, 1.54) is 5.56 Å². The molecule has 1 fully saturated rings. The van der Waals surface area contributed by atoms with Gasteiger partial charge >= 0.3 is 0 Å². The summed E-state index contributed by atoms with van der Waals surface area (Å²) < 4.78 is 0. The van der Waals surface area contributed by atoms with Crippen molar-refractivity contribution in [3.05, 3.63) is 65.7 Å². The molecule has 2 aromatic rings. The van der Waals surface area contributed by atoms with E-state index in [0.29, 0.717) is 12.0 Å². The summed E-state index contributed by atoms with van der Waals surface area (Å²) in [6.45, 7) is 2.79. The lowest BCUT2D eigenvalue weighted by Crippen LogP contribution is -2.33. The number of carbonyl (C=O) groups excluding carboxylic acids is 2. The molecule has 0 bridgehead atoms. The molecule has 25 heavy (non-hydrogen) atoms. The van der Waals surface area contributed by atoms with Crippen LogP contribution in [0.3, 0.4) is 0 Å². The molecule has 0 unspecified atom stereocenters. The number of aryl methyl sites for hydroxylation is 1. The van der Waals surface area contributed by atoms with Gasteiger partial charge < -0.3 is 10.2 Å². The smallest absolute Gasteiger partial charge is 0.251 e. The normalized spacial score (nSPS) is 15.2. The van der Waals surface area contributed by atoms with E-state index in [9.17, 15) is 9.59 Å². The van der Waals surface area contributed by atoms with Crippen molar-refractivity contribution in [2.24, 2.45) is 0 Å². The highest BCUT2D eigenvalue weighted by Gasteiger charge is 2.21. The number of benzene rings is 2. The van der Waals surface area contributed by atoms with E-state index in [4.69, 9.17) is 0 Å². The lowest BCUT2D eigenvalue weighted by molar-refractivity contribution is -0.117. The molecule has 1 aliphatic heterocycles. The van der Waals surface area contributed by atoms with Crippen LogP contribution in [0, 0.1) is 0 Å². The van der Waals surface area contributed by atoms with Gasteiger partial charge in [-0.2, -0.15) is 0 Å². The van der Waals surface area contributed by atoms with Gasteiger partial charge in [0, 0.05) is 30.3 Å². The fourth-order valence-corrected chi connectivity index (χ4v) is 3.12. The van der Waals surface area contributed by atoms with Crippen LogP contribution < -0.4 is 10.2 Å². The molecule has 0 saturated carbocycles. The van der Waals surface area contributed by atoms with Gasteiger partial charge in [0.1, 0.15) is 0 Å². The molecule has 0 radical (unpaired) electrons. The quantitative estimate of drug-likeness (QED) is 0.877. The van der Waals surface area contributed by atoms with E-state index < -0.39 is 0 Å². The van der Waals surface area contributed by atoms with E-state index in [1.54, 1.807) is 17.0 Å². The van der Waals surface area contributed by atoms with Gasteiger partial charge in [-0.3, -0.25) is 9.59 Å². The van der Waals surface area contributed by atoms with Crippen LogP contribution in [0.2, 0.25) is 0 Å². The Morgan fingerprint density at radius 3 is 2.48 bits per heavy atom. The summed E-state index contributed by atoms with van der Waals surface area (Å²) in [5, 5.41) is 3.04. The van der Waals surface area contributed by atoms with Crippen LogP contribution in [-0.2, 0) is 11.2 Å². The van der Waals surface area contributed by atoms with E-state index in [0.717, 1.165) is 31.5 Å². The Morgan fingerprint density at radius 1 is 1.12 bits per heavy atom. The first kappa shape index (κ1) is 17.2. The summed E-state index contributed by atoms with van der Waals surface area (Å²) >= 11 is 0. The minimum absolute atomic E-state index is 0.0696. The maximum atomic E-state index is 12.4. The predicted molar refractivity (Wildman–Crippen MR) is 99.7 cm³/mol. The molecule has 4 nitrogen and oxygen atoms in total. The van der Waals surface area contributed by atoms with E-state index >= 15 is 0 Å². The molecule has 0 aromatic heterocycles.